The van der Waals surface area contributed by atoms with Gasteiger partial charge in [0, 0.05) is 29.9 Å². The number of aliphatic carboxylic acids is 1. The highest BCUT2D eigenvalue weighted by molar-refractivity contribution is 6.06. The van der Waals surface area contributed by atoms with Crippen molar-refractivity contribution in [3.63, 3.8) is 0 Å². The molecule has 0 spiro atoms. The van der Waals surface area contributed by atoms with Gasteiger partial charge in [-0.15, -0.1) is 0 Å². The Kier molecular flexibility index (Phi) is 6.20. The number of likely N-dealkylation sites (N-methyl/N-ethyl adjacent to an activating group) is 1. The van der Waals surface area contributed by atoms with Crippen LogP contribution in [0.1, 0.15) is 24.2 Å². The monoisotopic (exact) mass is 318 g/mol. The van der Waals surface area contributed by atoms with Gasteiger partial charge in [-0.3, -0.25) is 19.2 Å². The predicted octanol–water partition coefficient (Wildman–Crippen LogP) is 1.32. The van der Waals surface area contributed by atoms with Gasteiger partial charge in [0.1, 0.15) is 6.54 Å². The number of amides is 2. The maximum absolute atomic E-state index is 11.9. The Hall–Kier alpha value is -2.96. The number of rotatable bonds is 6. The molecule has 23 heavy (non-hydrogen) atoms. The molecule has 0 aliphatic heterocycles. The largest absolute Gasteiger partial charge is 0.480 e. The van der Waals surface area contributed by atoms with E-state index in [1.807, 2.05) is 0 Å². The quantitative estimate of drug-likeness (QED) is 0.608. The number of carbonyl (C=O) groups is 4. The van der Waals surface area contributed by atoms with Crippen LogP contribution in [0.2, 0.25) is 0 Å². The van der Waals surface area contributed by atoms with Gasteiger partial charge < -0.3 is 15.3 Å². The van der Waals surface area contributed by atoms with Crippen LogP contribution in [0.25, 0.3) is 0 Å². The van der Waals surface area contributed by atoms with Crippen LogP contribution >= 0.6 is 0 Å². The second kappa shape index (κ2) is 7.88. The topological polar surface area (TPSA) is 104 Å². The minimum atomic E-state index is -1.14. The average molecular weight is 318 g/mol. The van der Waals surface area contributed by atoms with Gasteiger partial charge in [-0.2, -0.15) is 0 Å². The number of anilines is 1. The molecular weight excluding hydrogens is 300 g/mol. The van der Waals surface area contributed by atoms with E-state index >= 15 is 0 Å². The van der Waals surface area contributed by atoms with Crippen LogP contribution in [0.4, 0.5) is 5.69 Å². The molecule has 2 amide bonds. The molecule has 2 N–H and O–H groups in total. The Labute approximate surface area is 133 Å². The summed E-state index contributed by atoms with van der Waals surface area (Å²) in [5.41, 5.74) is 1.13. The average Bonchev–Trinajstić information content (AvgIpc) is 2.45. The predicted molar refractivity (Wildman–Crippen MR) is 84.1 cm³/mol. The molecular formula is C16H18N2O5. The number of carbonyl (C=O) groups excluding carboxylic acids is 3. The van der Waals surface area contributed by atoms with Crippen molar-refractivity contribution in [1.82, 2.24) is 4.90 Å². The summed E-state index contributed by atoms with van der Waals surface area (Å²) in [5, 5.41) is 11.2. The second-order valence-electron chi connectivity index (χ2n) is 5.01. The molecule has 0 aromatic heterocycles. The summed E-state index contributed by atoms with van der Waals surface area (Å²) >= 11 is 0. The van der Waals surface area contributed by atoms with Crippen molar-refractivity contribution in [2.75, 3.05) is 18.9 Å². The lowest BCUT2D eigenvalue weighted by Gasteiger charge is -2.14. The van der Waals surface area contributed by atoms with Gasteiger partial charge in [0.2, 0.25) is 11.8 Å². The van der Waals surface area contributed by atoms with Crippen LogP contribution in [0.3, 0.4) is 0 Å². The minimum Gasteiger partial charge on any atom is -0.480 e. The molecule has 1 aromatic rings. The van der Waals surface area contributed by atoms with Gasteiger partial charge >= 0.3 is 5.97 Å². The van der Waals surface area contributed by atoms with Crippen LogP contribution in [-0.2, 0) is 14.4 Å². The van der Waals surface area contributed by atoms with Crippen molar-refractivity contribution < 1.29 is 24.3 Å². The highest BCUT2D eigenvalue weighted by Crippen LogP contribution is 2.10. The molecule has 122 valence electrons. The van der Waals surface area contributed by atoms with Crippen molar-refractivity contribution >= 4 is 29.3 Å². The number of nitrogens with zero attached hydrogens (tertiary/aromatic N) is 1. The van der Waals surface area contributed by atoms with Gasteiger partial charge in [-0.1, -0.05) is 0 Å². The van der Waals surface area contributed by atoms with E-state index in [2.05, 4.69) is 5.32 Å². The number of benzene rings is 1. The first kappa shape index (κ1) is 18.1. The summed E-state index contributed by atoms with van der Waals surface area (Å²) in [5.74, 6) is -2.28. The third kappa shape index (κ3) is 5.74. The van der Waals surface area contributed by atoms with Crippen molar-refractivity contribution in [3.8, 4) is 0 Å². The fraction of sp³-hybridized carbons (Fsp3) is 0.250. The number of Topliss-reactive ketones (excluding diaryl/α,β-unsaturated/α-hetero) is 1. The molecule has 0 radical (unpaired) electrons. The molecule has 0 unspecified atom stereocenters. The Balaban J connectivity index is 2.72. The van der Waals surface area contributed by atoms with Crippen LogP contribution in [0.5, 0.6) is 0 Å². The number of nitrogens with one attached hydrogen (secondary N) is 1. The highest BCUT2D eigenvalue weighted by atomic mass is 16.4. The fourth-order valence-corrected chi connectivity index (χ4v) is 1.80. The summed E-state index contributed by atoms with van der Waals surface area (Å²) < 4.78 is 0. The van der Waals surface area contributed by atoms with E-state index in [4.69, 9.17) is 5.11 Å². The van der Waals surface area contributed by atoms with Crippen LogP contribution in [-0.4, -0.2) is 47.2 Å². The zero-order valence-corrected chi connectivity index (χ0v) is 13.1. The van der Waals surface area contributed by atoms with E-state index in [1.54, 1.807) is 24.3 Å². The summed E-state index contributed by atoms with van der Waals surface area (Å²) in [7, 11) is 1.34. The summed E-state index contributed by atoms with van der Waals surface area (Å²) in [4.78, 5) is 46.4. The Morgan fingerprint density at radius 2 is 1.70 bits per heavy atom. The summed E-state index contributed by atoms with van der Waals surface area (Å²) in [6.45, 7) is 2.43. The third-order valence-corrected chi connectivity index (χ3v) is 2.96. The molecule has 7 nitrogen and oxygen atoms in total. The lowest BCUT2D eigenvalue weighted by Crippen LogP contribution is -2.32. The van der Waals surface area contributed by atoms with Crippen LogP contribution in [0.15, 0.2) is 35.9 Å². The van der Waals surface area contributed by atoms with E-state index < -0.39 is 24.3 Å². The molecule has 0 aliphatic carbocycles. The first-order chi connectivity index (χ1) is 10.7. The van der Waals surface area contributed by atoms with E-state index in [0.29, 0.717) is 11.3 Å². The van der Waals surface area contributed by atoms with E-state index in [9.17, 15) is 19.2 Å². The number of hydrogen-bond donors (Lipinski definition) is 2. The van der Waals surface area contributed by atoms with Gasteiger partial charge in [0.05, 0.1) is 0 Å². The highest BCUT2D eigenvalue weighted by Gasteiger charge is 2.14. The van der Waals surface area contributed by atoms with Gasteiger partial charge in [0.15, 0.2) is 5.78 Å². The van der Waals surface area contributed by atoms with E-state index in [1.165, 1.54) is 20.9 Å². The third-order valence-electron chi connectivity index (χ3n) is 2.96. The first-order valence-electron chi connectivity index (χ1n) is 6.78. The molecule has 0 aliphatic rings. The zero-order valence-electron chi connectivity index (χ0n) is 13.1. The SMILES string of the molecule is CC(=O)c1ccc(NC(=O)/C=C(/C)C(=O)N(C)CC(=O)O)cc1. The molecule has 0 fully saturated rings. The van der Waals surface area contributed by atoms with Gasteiger partial charge in [-0.25, -0.2) is 0 Å². The standard InChI is InChI=1S/C16H18N2O5/c1-10(16(23)18(3)9-15(21)22)8-14(20)17-13-6-4-12(5-7-13)11(2)19/h4-8H,9H2,1-3H3,(H,17,20)(H,21,22)/b10-8-. The zero-order chi connectivity index (χ0) is 17.6. The van der Waals surface area contributed by atoms with Crippen molar-refractivity contribution in [1.29, 1.82) is 0 Å². The Morgan fingerprint density at radius 3 is 2.17 bits per heavy atom. The smallest absolute Gasteiger partial charge is 0.323 e. The lowest BCUT2D eigenvalue weighted by atomic mass is 10.1. The minimum absolute atomic E-state index is 0.0781. The van der Waals surface area contributed by atoms with Crippen molar-refractivity contribution in [2.45, 2.75) is 13.8 Å². The second-order valence-corrected chi connectivity index (χ2v) is 5.01. The normalized spacial score (nSPS) is 10.8. The number of ketones is 1. The molecule has 0 saturated heterocycles. The first-order valence-corrected chi connectivity index (χ1v) is 6.78. The molecule has 7 heteroatoms. The van der Waals surface area contributed by atoms with Gasteiger partial charge in [-0.05, 0) is 38.1 Å². The van der Waals surface area contributed by atoms with Crippen LogP contribution in [0, 0.1) is 0 Å². The van der Waals surface area contributed by atoms with Gasteiger partial charge in [0.25, 0.3) is 0 Å². The molecule has 0 heterocycles. The van der Waals surface area contributed by atoms with Crippen molar-refractivity contribution in [2.24, 2.45) is 0 Å². The maximum atomic E-state index is 11.9. The molecule has 0 atom stereocenters. The Morgan fingerprint density at radius 1 is 1.13 bits per heavy atom. The number of hydrogen-bond acceptors (Lipinski definition) is 4. The molecule has 0 saturated carbocycles. The number of carboxylic acids is 1. The number of carboxylic acid groups (broad SMARTS) is 1. The maximum Gasteiger partial charge on any atom is 0.323 e. The molecule has 0 bridgehead atoms. The Bertz CT molecular complexity index is 662. The van der Waals surface area contributed by atoms with E-state index in [0.717, 1.165) is 11.0 Å². The van der Waals surface area contributed by atoms with Crippen LogP contribution < -0.4 is 5.32 Å². The molecule has 1 aromatic carbocycles. The summed E-state index contributed by atoms with van der Waals surface area (Å²) in [6, 6.07) is 6.33. The summed E-state index contributed by atoms with van der Waals surface area (Å²) in [6.07, 6.45) is 1.10. The fourth-order valence-electron chi connectivity index (χ4n) is 1.80. The molecule has 1 rings (SSSR count). The lowest BCUT2D eigenvalue weighted by molar-refractivity contribution is -0.142. The van der Waals surface area contributed by atoms with Crippen molar-refractivity contribution in [3.05, 3.63) is 41.5 Å². The van der Waals surface area contributed by atoms with E-state index in [-0.39, 0.29) is 11.4 Å².